The Morgan fingerprint density at radius 1 is 1.42 bits per heavy atom. The van der Waals surface area contributed by atoms with Crippen molar-refractivity contribution in [1.29, 1.82) is 0 Å². The summed E-state index contributed by atoms with van der Waals surface area (Å²) in [5.41, 5.74) is 3.50. The van der Waals surface area contributed by atoms with Crippen LogP contribution in [0, 0.1) is 0 Å². The van der Waals surface area contributed by atoms with E-state index in [2.05, 4.69) is 15.7 Å². The second-order valence-corrected chi connectivity index (χ2v) is 5.73. The summed E-state index contributed by atoms with van der Waals surface area (Å²) in [6.07, 6.45) is 0.316. The van der Waals surface area contributed by atoms with Crippen molar-refractivity contribution in [2.24, 2.45) is 16.8 Å². The smallest absolute Gasteiger partial charge is 0.255 e. The van der Waals surface area contributed by atoms with E-state index in [9.17, 15) is 9.59 Å². The van der Waals surface area contributed by atoms with Crippen LogP contribution in [0.3, 0.4) is 0 Å². The van der Waals surface area contributed by atoms with Gasteiger partial charge < -0.3 is 21.4 Å². The quantitative estimate of drug-likeness (QED) is 0.437. The largest absolute Gasteiger partial charge is 0.326 e. The lowest BCUT2D eigenvalue weighted by atomic mass is 10.1. The first-order valence-electron chi connectivity index (χ1n) is 7.38. The fraction of sp³-hybridized carbons (Fsp3) is 0.267. The van der Waals surface area contributed by atoms with Crippen LogP contribution in [0.4, 0.5) is 11.4 Å². The Labute approximate surface area is 138 Å². The van der Waals surface area contributed by atoms with E-state index in [0.29, 0.717) is 23.6 Å². The number of nitrogens with two attached hydrogens (primary N) is 2. The normalized spacial score (nSPS) is 18.8. The highest BCUT2D eigenvalue weighted by Gasteiger charge is 2.28. The second-order valence-electron chi connectivity index (χ2n) is 5.73. The standard InChI is InChI=1S/C15H19N7O2/c1-8-11(7-22(17)15(20-16)21(8)2)14(24)18-10-3-4-12-9(5-10)6-13(23)19-12/h3-5H,6-7,16-17H2,1-2H3,(H,18,24)(H,19,23)/b20-15-. The molecule has 0 fully saturated rings. The molecule has 3 rings (SSSR count). The number of hydrogen-bond acceptors (Lipinski definition) is 5. The van der Waals surface area contributed by atoms with Crippen molar-refractivity contribution >= 4 is 29.1 Å². The average molecular weight is 329 g/mol. The van der Waals surface area contributed by atoms with Crippen molar-refractivity contribution in [3.8, 4) is 0 Å². The third-order valence-electron chi connectivity index (χ3n) is 4.20. The fourth-order valence-electron chi connectivity index (χ4n) is 2.81. The maximum Gasteiger partial charge on any atom is 0.255 e. The van der Waals surface area contributed by atoms with Crippen molar-refractivity contribution in [2.45, 2.75) is 13.3 Å². The van der Waals surface area contributed by atoms with E-state index in [0.717, 1.165) is 16.9 Å². The van der Waals surface area contributed by atoms with Crippen LogP contribution in [0.15, 0.2) is 34.6 Å². The number of hydrogen-bond donors (Lipinski definition) is 4. The molecule has 9 nitrogen and oxygen atoms in total. The Hall–Kier alpha value is -3.07. The molecule has 2 heterocycles. The predicted molar refractivity (Wildman–Crippen MR) is 90.4 cm³/mol. The zero-order valence-corrected chi connectivity index (χ0v) is 13.5. The Kier molecular flexibility index (Phi) is 3.86. The zero-order valence-electron chi connectivity index (χ0n) is 13.5. The summed E-state index contributed by atoms with van der Waals surface area (Å²) in [6.45, 7) is 2.00. The number of hydrazine groups is 1. The molecule has 9 heteroatoms. The highest BCUT2D eigenvalue weighted by molar-refractivity contribution is 6.07. The number of amides is 2. The third kappa shape index (κ3) is 2.65. The molecule has 0 bridgehead atoms. The van der Waals surface area contributed by atoms with Gasteiger partial charge in [0.1, 0.15) is 0 Å². The minimum atomic E-state index is -0.261. The van der Waals surface area contributed by atoms with Crippen molar-refractivity contribution in [3.63, 3.8) is 0 Å². The van der Waals surface area contributed by atoms with Gasteiger partial charge in [0.25, 0.3) is 5.91 Å². The van der Waals surface area contributed by atoms with E-state index < -0.39 is 0 Å². The van der Waals surface area contributed by atoms with Crippen molar-refractivity contribution in [3.05, 3.63) is 35.0 Å². The molecule has 2 aliphatic heterocycles. The van der Waals surface area contributed by atoms with Gasteiger partial charge in [-0.05, 0) is 30.7 Å². The molecule has 0 spiro atoms. The molecule has 0 atom stereocenters. The average Bonchev–Trinajstić information content (AvgIpc) is 2.90. The van der Waals surface area contributed by atoms with Gasteiger partial charge in [0.2, 0.25) is 11.9 Å². The molecule has 6 N–H and O–H groups in total. The Morgan fingerprint density at radius 3 is 2.88 bits per heavy atom. The number of carbonyl (C=O) groups excluding carboxylic acids is 2. The number of allylic oxidation sites excluding steroid dienone is 1. The summed E-state index contributed by atoms with van der Waals surface area (Å²) in [5, 5.41) is 10.5. The van der Waals surface area contributed by atoms with E-state index >= 15 is 0 Å². The lowest BCUT2D eigenvalue weighted by molar-refractivity contribution is -0.115. The molecular weight excluding hydrogens is 310 g/mol. The van der Waals surface area contributed by atoms with Crippen LogP contribution in [0.25, 0.3) is 0 Å². The minimum Gasteiger partial charge on any atom is -0.326 e. The first-order valence-corrected chi connectivity index (χ1v) is 7.38. The third-order valence-corrected chi connectivity index (χ3v) is 4.20. The molecule has 0 aliphatic carbocycles. The number of rotatable bonds is 2. The van der Waals surface area contributed by atoms with Gasteiger partial charge in [0, 0.05) is 24.1 Å². The molecule has 2 amide bonds. The van der Waals surface area contributed by atoms with Gasteiger partial charge in [-0.15, -0.1) is 5.10 Å². The molecule has 0 saturated heterocycles. The fourth-order valence-corrected chi connectivity index (χ4v) is 2.81. The zero-order chi connectivity index (χ0) is 17.4. The van der Waals surface area contributed by atoms with Gasteiger partial charge >= 0.3 is 0 Å². The molecule has 1 aromatic rings. The number of fused-ring (bicyclic) bond motifs is 1. The molecular formula is C15H19N7O2. The maximum atomic E-state index is 12.6. The topological polar surface area (TPSA) is 129 Å². The first-order chi connectivity index (χ1) is 11.4. The number of nitrogens with zero attached hydrogens (tertiary/aromatic N) is 3. The monoisotopic (exact) mass is 329 g/mol. The molecule has 1 aromatic carbocycles. The van der Waals surface area contributed by atoms with Gasteiger partial charge in [-0.2, -0.15) is 0 Å². The first kappa shape index (κ1) is 15.8. The summed E-state index contributed by atoms with van der Waals surface area (Å²) in [4.78, 5) is 25.7. The highest BCUT2D eigenvalue weighted by Crippen LogP contribution is 2.26. The van der Waals surface area contributed by atoms with Gasteiger partial charge in [-0.3, -0.25) is 14.6 Å². The summed E-state index contributed by atoms with van der Waals surface area (Å²) in [5.74, 6) is 11.3. The maximum absolute atomic E-state index is 12.6. The lowest BCUT2D eigenvalue weighted by Gasteiger charge is -2.35. The number of hydrazone groups is 1. The van der Waals surface area contributed by atoms with Gasteiger partial charge in [-0.1, -0.05) is 0 Å². The van der Waals surface area contributed by atoms with Crippen molar-refractivity contribution in [2.75, 3.05) is 24.2 Å². The molecule has 0 unspecified atom stereocenters. The van der Waals surface area contributed by atoms with Crippen LogP contribution in [0.1, 0.15) is 12.5 Å². The Bertz CT molecular complexity index is 784. The van der Waals surface area contributed by atoms with Gasteiger partial charge in [0.05, 0.1) is 18.5 Å². The van der Waals surface area contributed by atoms with Gasteiger partial charge in [-0.25, -0.2) is 5.84 Å². The van der Waals surface area contributed by atoms with Crippen LogP contribution < -0.4 is 22.3 Å². The highest BCUT2D eigenvalue weighted by atomic mass is 16.2. The molecule has 2 aliphatic rings. The predicted octanol–water partition coefficient (Wildman–Crippen LogP) is -0.255. The number of benzene rings is 1. The van der Waals surface area contributed by atoms with Crippen molar-refractivity contribution in [1.82, 2.24) is 9.91 Å². The van der Waals surface area contributed by atoms with E-state index in [1.165, 1.54) is 5.01 Å². The number of nitrogens with one attached hydrogen (secondary N) is 2. The molecule has 0 radical (unpaired) electrons. The van der Waals surface area contributed by atoms with E-state index in [4.69, 9.17) is 11.7 Å². The molecule has 126 valence electrons. The minimum absolute atomic E-state index is 0.0479. The second kappa shape index (κ2) is 5.85. The van der Waals surface area contributed by atoms with Crippen LogP contribution >= 0.6 is 0 Å². The summed E-state index contributed by atoms with van der Waals surface area (Å²) in [7, 11) is 1.74. The SMILES string of the molecule is CC1=C(C(=O)Nc2ccc3c(c2)CC(=O)N3)CN(N)/C(=N\N)N1C. The van der Waals surface area contributed by atoms with Gasteiger partial charge in [0.15, 0.2) is 0 Å². The summed E-state index contributed by atoms with van der Waals surface area (Å²) < 4.78 is 0. The molecule has 24 heavy (non-hydrogen) atoms. The summed E-state index contributed by atoms with van der Waals surface area (Å²) in [6, 6.07) is 5.32. The van der Waals surface area contributed by atoms with Crippen LogP contribution in [-0.2, 0) is 16.0 Å². The number of anilines is 2. The van der Waals surface area contributed by atoms with E-state index in [1.54, 1.807) is 37.1 Å². The summed E-state index contributed by atoms with van der Waals surface area (Å²) >= 11 is 0. The van der Waals surface area contributed by atoms with E-state index in [-0.39, 0.29) is 18.4 Å². The van der Waals surface area contributed by atoms with Crippen LogP contribution in [0.2, 0.25) is 0 Å². The lowest BCUT2D eigenvalue weighted by Crippen LogP contribution is -2.52. The molecule has 0 aromatic heterocycles. The Balaban J connectivity index is 1.82. The van der Waals surface area contributed by atoms with E-state index in [1.807, 2.05) is 0 Å². The number of guanidine groups is 1. The van der Waals surface area contributed by atoms with Crippen LogP contribution in [0.5, 0.6) is 0 Å². The Morgan fingerprint density at radius 2 is 2.17 bits per heavy atom. The van der Waals surface area contributed by atoms with Crippen LogP contribution in [-0.4, -0.2) is 41.3 Å². The van der Waals surface area contributed by atoms with Crippen molar-refractivity contribution < 1.29 is 9.59 Å². The molecule has 0 saturated carbocycles. The number of carbonyl (C=O) groups is 2.